The van der Waals surface area contributed by atoms with Gasteiger partial charge < -0.3 is 4.42 Å². The zero-order valence-corrected chi connectivity index (χ0v) is 9.06. The third-order valence-electron chi connectivity index (χ3n) is 2.43. The largest absolute Gasteiger partial charge is 0.460 e. The van der Waals surface area contributed by atoms with Crippen LogP contribution in [0, 0.1) is 6.26 Å². The standard InChI is InChI=1S/C12H5F6O/c13-11(14,15)8-1-2-9(7-3-4-19-6-7)10(5-8)12(16,17)18/h1-3,5-6H. The summed E-state index contributed by atoms with van der Waals surface area (Å²) in [7, 11) is 0. The second-order valence-corrected chi connectivity index (χ2v) is 3.71. The van der Waals surface area contributed by atoms with Gasteiger partial charge in [0.1, 0.15) is 0 Å². The van der Waals surface area contributed by atoms with Crippen LogP contribution in [0.1, 0.15) is 11.1 Å². The van der Waals surface area contributed by atoms with Crippen LogP contribution in [-0.2, 0) is 12.4 Å². The highest BCUT2D eigenvalue weighted by Gasteiger charge is 2.38. The number of furan rings is 1. The van der Waals surface area contributed by atoms with E-state index in [1.807, 2.05) is 0 Å². The molecule has 7 heteroatoms. The molecule has 1 radical (unpaired) electrons. The molecule has 0 aliphatic carbocycles. The van der Waals surface area contributed by atoms with Crippen LogP contribution >= 0.6 is 0 Å². The predicted octanol–water partition coefficient (Wildman–Crippen LogP) is 4.78. The Morgan fingerprint density at radius 1 is 0.947 bits per heavy atom. The van der Waals surface area contributed by atoms with Crippen LogP contribution in [0.3, 0.4) is 0 Å². The molecule has 0 aliphatic rings. The van der Waals surface area contributed by atoms with Gasteiger partial charge in [-0.1, -0.05) is 6.07 Å². The van der Waals surface area contributed by atoms with E-state index < -0.39 is 23.5 Å². The van der Waals surface area contributed by atoms with E-state index in [1.165, 1.54) is 0 Å². The van der Waals surface area contributed by atoms with Crippen molar-refractivity contribution in [2.24, 2.45) is 0 Å². The summed E-state index contributed by atoms with van der Waals surface area (Å²) in [6.07, 6.45) is -6.56. The molecule has 0 saturated heterocycles. The summed E-state index contributed by atoms with van der Waals surface area (Å²) in [5.74, 6) is 0. The molecule has 0 bridgehead atoms. The minimum atomic E-state index is -4.89. The number of benzene rings is 1. The second kappa shape index (κ2) is 4.32. The van der Waals surface area contributed by atoms with Crippen molar-refractivity contribution in [3.63, 3.8) is 0 Å². The van der Waals surface area contributed by atoms with E-state index >= 15 is 0 Å². The minimum Gasteiger partial charge on any atom is -0.460 e. The Hall–Kier alpha value is -1.92. The Kier molecular flexibility index (Phi) is 3.07. The van der Waals surface area contributed by atoms with Gasteiger partial charge in [0.2, 0.25) is 0 Å². The second-order valence-electron chi connectivity index (χ2n) is 3.71. The molecule has 0 aliphatic heterocycles. The van der Waals surface area contributed by atoms with E-state index in [2.05, 4.69) is 10.7 Å². The van der Waals surface area contributed by atoms with Crippen molar-refractivity contribution in [1.82, 2.24) is 0 Å². The fraction of sp³-hybridized carbons (Fsp3) is 0.167. The third-order valence-corrected chi connectivity index (χ3v) is 2.43. The molecule has 0 amide bonds. The lowest BCUT2D eigenvalue weighted by atomic mass is 9.99. The summed E-state index contributed by atoms with van der Waals surface area (Å²) < 4.78 is 80.2. The maximum absolute atomic E-state index is 12.8. The molecule has 0 N–H and O–H groups in total. The third kappa shape index (κ3) is 2.74. The minimum absolute atomic E-state index is 0.0149. The molecule has 1 heterocycles. The van der Waals surface area contributed by atoms with Crippen LogP contribution in [0.5, 0.6) is 0 Å². The zero-order chi connectivity index (χ0) is 14.3. The summed E-state index contributed by atoms with van der Waals surface area (Å²) in [6.45, 7) is 0. The highest BCUT2D eigenvalue weighted by atomic mass is 19.4. The maximum Gasteiger partial charge on any atom is 0.417 e. The van der Waals surface area contributed by atoms with Gasteiger partial charge in [-0.25, -0.2) is 0 Å². The van der Waals surface area contributed by atoms with Gasteiger partial charge in [0.25, 0.3) is 0 Å². The van der Waals surface area contributed by atoms with Crippen molar-refractivity contribution in [2.45, 2.75) is 12.4 Å². The SMILES string of the molecule is FC(F)(F)c1ccc(-c2c[c]oc2)c(C(F)(F)F)c1. The van der Waals surface area contributed by atoms with Gasteiger partial charge in [0.15, 0.2) is 6.26 Å². The molecule has 0 atom stereocenters. The summed E-state index contributed by atoms with van der Waals surface area (Å²) in [5, 5.41) is 0. The van der Waals surface area contributed by atoms with Gasteiger partial charge in [0.05, 0.1) is 17.4 Å². The monoisotopic (exact) mass is 279 g/mol. The van der Waals surface area contributed by atoms with Gasteiger partial charge in [-0.05, 0) is 23.8 Å². The highest BCUT2D eigenvalue weighted by molar-refractivity contribution is 5.67. The lowest BCUT2D eigenvalue weighted by Gasteiger charge is -2.15. The van der Waals surface area contributed by atoms with Gasteiger partial charge in [0, 0.05) is 5.56 Å². The molecule has 1 aromatic carbocycles. The van der Waals surface area contributed by atoms with Crippen molar-refractivity contribution >= 4 is 0 Å². The van der Waals surface area contributed by atoms with Crippen LogP contribution in [0.2, 0.25) is 0 Å². The van der Waals surface area contributed by atoms with Gasteiger partial charge in [-0.15, -0.1) is 0 Å². The molecule has 1 nitrogen and oxygen atoms in total. The Labute approximate surface area is 103 Å². The molecule has 0 fully saturated rings. The van der Waals surface area contributed by atoms with E-state index in [0.29, 0.717) is 6.07 Å². The topological polar surface area (TPSA) is 13.1 Å². The average molecular weight is 279 g/mol. The molecule has 0 saturated carbocycles. The molecule has 19 heavy (non-hydrogen) atoms. The van der Waals surface area contributed by atoms with Crippen LogP contribution in [-0.4, -0.2) is 0 Å². The Balaban J connectivity index is 2.63. The lowest BCUT2D eigenvalue weighted by Crippen LogP contribution is -2.11. The molecule has 101 valence electrons. The summed E-state index contributed by atoms with van der Waals surface area (Å²) in [6, 6.07) is 2.57. The fourth-order valence-electron chi connectivity index (χ4n) is 1.58. The van der Waals surface area contributed by atoms with Gasteiger partial charge in [-0.2, -0.15) is 26.3 Å². The van der Waals surface area contributed by atoms with E-state index in [-0.39, 0.29) is 17.2 Å². The smallest absolute Gasteiger partial charge is 0.417 e. The zero-order valence-electron chi connectivity index (χ0n) is 9.06. The Morgan fingerprint density at radius 3 is 2.11 bits per heavy atom. The summed E-state index contributed by atoms with van der Waals surface area (Å²) >= 11 is 0. The van der Waals surface area contributed by atoms with Crippen LogP contribution in [0.15, 0.2) is 34.9 Å². The van der Waals surface area contributed by atoms with E-state index in [9.17, 15) is 26.3 Å². The number of hydrogen-bond donors (Lipinski definition) is 0. The van der Waals surface area contributed by atoms with Crippen molar-refractivity contribution in [3.05, 3.63) is 47.9 Å². The number of halogens is 6. The molecular weight excluding hydrogens is 274 g/mol. The first kappa shape index (κ1) is 13.5. The lowest BCUT2D eigenvalue weighted by molar-refractivity contribution is -0.142. The maximum atomic E-state index is 12.8. The fourth-order valence-corrected chi connectivity index (χ4v) is 1.58. The highest BCUT2D eigenvalue weighted by Crippen LogP contribution is 2.40. The van der Waals surface area contributed by atoms with Gasteiger partial charge in [-0.3, -0.25) is 0 Å². The number of hydrogen-bond acceptors (Lipinski definition) is 1. The molecule has 1 aromatic heterocycles. The molecular formula is C12H5F6O. The van der Waals surface area contributed by atoms with Crippen molar-refractivity contribution < 1.29 is 30.8 Å². The first-order valence-corrected chi connectivity index (χ1v) is 4.93. The van der Waals surface area contributed by atoms with Crippen LogP contribution < -0.4 is 0 Å². The van der Waals surface area contributed by atoms with Crippen LogP contribution in [0.4, 0.5) is 26.3 Å². The quantitative estimate of drug-likeness (QED) is 0.684. The first-order valence-electron chi connectivity index (χ1n) is 4.93. The van der Waals surface area contributed by atoms with Gasteiger partial charge >= 0.3 is 12.4 Å². The Bertz CT molecular complexity index is 565. The average Bonchev–Trinajstić information content (AvgIpc) is 2.79. The predicted molar refractivity (Wildman–Crippen MR) is 53.0 cm³/mol. The van der Waals surface area contributed by atoms with Crippen molar-refractivity contribution in [2.75, 3.05) is 0 Å². The number of alkyl halides is 6. The summed E-state index contributed by atoms with van der Waals surface area (Å²) in [4.78, 5) is 0. The van der Waals surface area contributed by atoms with E-state index in [0.717, 1.165) is 18.4 Å². The normalized spacial score (nSPS) is 12.7. The molecule has 2 aromatic rings. The van der Waals surface area contributed by atoms with Crippen molar-refractivity contribution in [3.8, 4) is 11.1 Å². The molecule has 0 unspecified atom stereocenters. The molecule has 0 spiro atoms. The number of rotatable bonds is 1. The molecule has 2 rings (SSSR count). The van der Waals surface area contributed by atoms with Crippen molar-refractivity contribution in [1.29, 1.82) is 0 Å². The summed E-state index contributed by atoms with van der Waals surface area (Å²) in [5.41, 5.74) is -3.08. The Morgan fingerprint density at radius 2 is 1.63 bits per heavy atom. The first-order chi connectivity index (χ1) is 8.69. The van der Waals surface area contributed by atoms with Crippen LogP contribution in [0.25, 0.3) is 11.1 Å². The van der Waals surface area contributed by atoms with E-state index in [4.69, 9.17) is 0 Å². The van der Waals surface area contributed by atoms with E-state index in [1.54, 1.807) is 0 Å².